The number of rotatable bonds is 2. The molecule has 0 spiro atoms. The van der Waals surface area contributed by atoms with E-state index in [1.165, 1.54) is 6.92 Å². The summed E-state index contributed by atoms with van der Waals surface area (Å²) >= 11 is 0. The van der Waals surface area contributed by atoms with E-state index < -0.39 is 0 Å². The molecule has 1 amide bonds. The predicted molar refractivity (Wildman–Crippen MR) is 67.2 cm³/mol. The summed E-state index contributed by atoms with van der Waals surface area (Å²) in [5.41, 5.74) is 1.29. The maximum absolute atomic E-state index is 12.2. The molecule has 1 aliphatic heterocycles. The fourth-order valence-electron chi connectivity index (χ4n) is 1.95. The molecule has 1 aromatic rings. The quantitative estimate of drug-likeness (QED) is 0.789. The number of allylic oxidation sites excluding steroid dienone is 1. The van der Waals surface area contributed by atoms with Crippen molar-refractivity contribution < 1.29 is 9.59 Å². The zero-order valence-electron chi connectivity index (χ0n) is 10.7. The molecule has 0 fully saturated rings. The van der Waals surface area contributed by atoms with Gasteiger partial charge in [-0.05, 0) is 6.42 Å². The SMILES string of the molecule is CC(=O)Nc1cc2n(n1)CCC(=CN(C)C)C2=O. The minimum absolute atomic E-state index is 0.0287. The van der Waals surface area contributed by atoms with Gasteiger partial charge in [0.05, 0.1) is 0 Å². The van der Waals surface area contributed by atoms with Crippen molar-refractivity contribution in [1.82, 2.24) is 14.7 Å². The molecular formula is C12H16N4O2. The highest BCUT2D eigenvalue weighted by atomic mass is 16.1. The van der Waals surface area contributed by atoms with E-state index in [-0.39, 0.29) is 11.7 Å². The molecule has 1 N–H and O–H groups in total. The summed E-state index contributed by atoms with van der Waals surface area (Å²) in [5, 5.41) is 6.76. The van der Waals surface area contributed by atoms with Crippen LogP contribution in [0.3, 0.4) is 0 Å². The number of fused-ring (bicyclic) bond motifs is 1. The number of carbonyl (C=O) groups is 2. The summed E-state index contributed by atoms with van der Waals surface area (Å²) in [6, 6.07) is 1.62. The van der Waals surface area contributed by atoms with Crippen LogP contribution in [0.5, 0.6) is 0 Å². The summed E-state index contributed by atoms with van der Waals surface area (Å²) in [5.74, 6) is 0.206. The molecule has 6 nitrogen and oxygen atoms in total. The number of anilines is 1. The highest BCUT2D eigenvalue weighted by molar-refractivity contribution is 6.08. The van der Waals surface area contributed by atoms with Crippen LogP contribution in [0.2, 0.25) is 0 Å². The Bertz CT molecular complexity index is 528. The molecule has 0 bridgehead atoms. The first-order valence-corrected chi connectivity index (χ1v) is 5.74. The topological polar surface area (TPSA) is 67.2 Å². The van der Waals surface area contributed by atoms with Crippen molar-refractivity contribution in [2.75, 3.05) is 19.4 Å². The zero-order valence-corrected chi connectivity index (χ0v) is 10.7. The molecule has 1 aromatic heterocycles. The van der Waals surface area contributed by atoms with Crippen LogP contribution < -0.4 is 5.32 Å². The summed E-state index contributed by atoms with van der Waals surface area (Å²) < 4.78 is 1.64. The number of aromatic nitrogens is 2. The van der Waals surface area contributed by atoms with Gasteiger partial charge in [-0.1, -0.05) is 0 Å². The number of hydrogen-bond donors (Lipinski definition) is 1. The molecule has 18 heavy (non-hydrogen) atoms. The summed E-state index contributed by atoms with van der Waals surface area (Å²) in [6.07, 6.45) is 2.49. The Kier molecular flexibility index (Phi) is 3.18. The van der Waals surface area contributed by atoms with Gasteiger partial charge in [0.25, 0.3) is 0 Å². The molecule has 0 atom stereocenters. The number of aryl methyl sites for hydroxylation is 1. The largest absolute Gasteiger partial charge is 0.383 e. The Balaban J connectivity index is 2.29. The molecule has 2 rings (SSSR count). The molecule has 0 saturated heterocycles. The third-order valence-electron chi connectivity index (χ3n) is 2.62. The molecule has 0 saturated carbocycles. The number of carbonyl (C=O) groups excluding carboxylic acids is 2. The zero-order chi connectivity index (χ0) is 13.3. The van der Waals surface area contributed by atoms with Crippen molar-refractivity contribution in [1.29, 1.82) is 0 Å². The lowest BCUT2D eigenvalue weighted by molar-refractivity contribution is -0.114. The van der Waals surface area contributed by atoms with Gasteiger partial charge in [0.15, 0.2) is 5.82 Å². The Labute approximate surface area is 105 Å². The van der Waals surface area contributed by atoms with Crippen LogP contribution in [0.15, 0.2) is 17.8 Å². The van der Waals surface area contributed by atoms with Gasteiger partial charge in [0, 0.05) is 45.4 Å². The maximum atomic E-state index is 12.2. The van der Waals surface area contributed by atoms with Gasteiger partial charge in [0.1, 0.15) is 5.69 Å². The smallest absolute Gasteiger partial charge is 0.222 e. The highest BCUT2D eigenvalue weighted by Crippen LogP contribution is 2.22. The maximum Gasteiger partial charge on any atom is 0.222 e. The number of nitrogens with one attached hydrogen (secondary N) is 1. The standard InChI is InChI=1S/C12H16N4O2/c1-8(17)13-11-6-10-12(18)9(7-15(2)3)4-5-16(10)14-11/h6-7H,4-5H2,1-3H3,(H,13,14,17). The molecule has 0 unspecified atom stereocenters. The van der Waals surface area contributed by atoms with E-state index in [9.17, 15) is 9.59 Å². The monoisotopic (exact) mass is 248 g/mol. The fourth-order valence-corrected chi connectivity index (χ4v) is 1.95. The summed E-state index contributed by atoms with van der Waals surface area (Å²) in [4.78, 5) is 25.0. The second-order valence-corrected chi connectivity index (χ2v) is 4.52. The third kappa shape index (κ3) is 2.42. The van der Waals surface area contributed by atoms with Crippen molar-refractivity contribution in [3.63, 3.8) is 0 Å². The first-order chi connectivity index (χ1) is 8.47. The van der Waals surface area contributed by atoms with Gasteiger partial charge in [0.2, 0.25) is 11.7 Å². The van der Waals surface area contributed by atoms with Gasteiger partial charge >= 0.3 is 0 Å². The van der Waals surface area contributed by atoms with Crippen LogP contribution in [-0.4, -0.2) is 40.5 Å². The number of ketones is 1. The van der Waals surface area contributed by atoms with Crippen LogP contribution >= 0.6 is 0 Å². The molecule has 0 aliphatic carbocycles. The average molecular weight is 248 g/mol. The van der Waals surface area contributed by atoms with Crippen molar-refractivity contribution >= 4 is 17.5 Å². The lowest BCUT2D eigenvalue weighted by Crippen LogP contribution is -2.21. The van der Waals surface area contributed by atoms with Crippen LogP contribution in [-0.2, 0) is 11.3 Å². The molecule has 2 heterocycles. The minimum atomic E-state index is -0.193. The summed E-state index contributed by atoms with van der Waals surface area (Å²) in [7, 11) is 3.77. The highest BCUT2D eigenvalue weighted by Gasteiger charge is 2.24. The lowest BCUT2D eigenvalue weighted by Gasteiger charge is -2.17. The average Bonchev–Trinajstić information content (AvgIpc) is 2.64. The van der Waals surface area contributed by atoms with Crippen LogP contribution in [0.25, 0.3) is 0 Å². The molecular weight excluding hydrogens is 232 g/mol. The first-order valence-electron chi connectivity index (χ1n) is 5.74. The van der Waals surface area contributed by atoms with Gasteiger partial charge in [-0.25, -0.2) is 0 Å². The van der Waals surface area contributed by atoms with Gasteiger partial charge < -0.3 is 10.2 Å². The van der Waals surface area contributed by atoms with Crippen molar-refractivity contribution in [2.24, 2.45) is 0 Å². The van der Waals surface area contributed by atoms with Gasteiger partial charge in [-0.3, -0.25) is 14.3 Å². The van der Waals surface area contributed by atoms with E-state index in [1.807, 2.05) is 25.2 Å². The number of nitrogens with zero attached hydrogens (tertiary/aromatic N) is 3. The van der Waals surface area contributed by atoms with Gasteiger partial charge in [-0.2, -0.15) is 5.10 Å². The molecule has 6 heteroatoms. The van der Waals surface area contributed by atoms with Crippen LogP contribution in [0, 0.1) is 0 Å². The molecule has 96 valence electrons. The van der Waals surface area contributed by atoms with Crippen molar-refractivity contribution in [3.8, 4) is 0 Å². The van der Waals surface area contributed by atoms with E-state index in [2.05, 4.69) is 10.4 Å². The second kappa shape index (κ2) is 4.64. The van der Waals surface area contributed by atoms with Crippen molar-refractivity contribution in [2.45, 2.75) is 19.9 Å². The van der Waals surface area contributed by atoms with E-state index in [1.54, 1.807) is 10.7 Å². The van der Waals surface area contributed by atoms with Gasteiger partial charge in [-0.15, -0.1) is 0 Å². The number of hydrogen-bond acceptors (Lipinski definition) is 4. The predicted octanol–water partition coefficient (Wildman–Crippen LogP) is 0.873. The normalized spacial score (nSPS) is 16.6. The van der Waals surface area contributed by atoms with E-state index >= 15 is 0 Å². The fraction of sp³-hybridized carbons (Fsp3) is 0.417. The molecule has 1 aliphatic rings. The van der Waals surface area contributed by atoms with Crippen LogP contribution in [0.4, 0.5) is 5.82 Å². The van der Waals surface area contributed by atoms with Crippen molar-refractivity contribution in [3.05, 3.63) is 23.5 Å². The second-order valence-electron chi connectivity index (χ2n) is 4.52. The van der Waals surface area contributed by atoms with Crippen LogP contribution in [0.1, 0.15) is 23.8 Å². The first kappa shape index (κ1) is 12.3. The molecule has 0 radical (unpaired) electrons. The lowest BCUT2D eigenvalue weighted by atomic mass is 10.0. The minimum Gasteiger partial charge on any atom is -0.383 e. The van der Waals surface area contributed by atoms with E-state index in [4.69, 9.17) is 0 Å². The number of amides is 1. The van der Waals surface area contributed by atoms with E-state index in [0.29, 0.717) is 24.5 Å². The Hall–Kier alpha value is -2.11. The Morgan fingerprint density at radius 3 is 2.89 bits per heavy atom. The Morgan fingerprint density at radius 2 is 2.28 bits per heavy atom. The molecule has 0 aromatic carbocycles. The third-order valence-corrected chi connectivity index (χ3v) is 2.62. The Morgan fingerprint density at radius 1 is 1.56 bits per heavy atom. The van der Waals surface area contributed by atoms with E-state index in [0.717, 1.165) is 5.57 Å². The number of Topliss-reactive ketones (excluding diaryl/α,β-unsaturated/α-hetero) is 1. The summed E-state index contributed by atoms with van der Waals surface area (Å²) in [6.45, 7) is 2.07.